The zero-order valence-corrected chi connectivity index (χ0v) is 16.9. The first-order valence-electron chi connectivity index (χ1n) is 10.2. The lowest BCUT2D eigenvalue weighted by atomic mass is 9.49. The Bertz CT molecular complexity index is 516. The molecule has 2 nitrogen and oxygen atoms in total. The largest absolute Gasteiger partial charge is 0.390 e. The Morgan fingerprint density at radius 1 is 1.00 bits per heavy atom. The second-order valence-corrected chi connectivity index (χ2v) is 10.5. The van der Waals surface area contributed by atoms with Crippen LogP contribution in [0.25, 0.3) is 0 Å². The van der Waals surface area contributed by atoms with E-state index in [1.807, 2.05) is 6.92 Å². The monoisotopic (exact) mass is 396 g/mol. The van der Waals surface area contributed by atoms with E-state index in [4.69, 9.17) is 0 Å². The molecule has 24 heavy (non-hydrogen) atoms. The van der Waals surface area contributed by atoms with Crippen LogP contribution in [0.4, 0.5) is 0 Å². The summed E-state index contributed by atoms with van der Waals surface area (Å²) in [6.45, 7) is 4.48. The average molecular weight is 397 g/mol. The summed E-state index contributed by atoms with van der Waals surface area (Å²) < 4.78 is 0. The number of rotatable bonds is 2. The first-order chi connectivity index (χ1) is 11.4. The van der Waals surface area contributed by atoms with E-state index in [1.54, 1.807) is 0 Å². The predicted molar refractivity (Wildman–Crippen MR) is 100 cm³/mol. The zero-order valence-electron chi connectivity index (χ0n) is 15.3. The summed E-state index contributed by atoms with van der Waals surface area (Å²) in [5.74, 6) is 4.83. The van der Waals surface area contributed by atoms with Crippen molar-refractivity contribution in [1.29, 1.82) is 0 Å². The van der Waals surface area contributed by atoms with Crippen LogP contribution in [0.5, 0.6) is 0 Å². The molecular formula is C21H33BrO2. The summed E-state index contributed by atoms with van der Waals surface area (Å²) in [7, 11) is 0. The molecular weight excluding hydrogens is 364 g/mol. The number of aliphatic hydroxyl groups is 1. The number of alkyl halides is 1. The van der Waals surface area contributed by atoms with Crippen LogP contribution in [0.1, 0.15) is 71.6 Å². The quantitative estimate of drug-likeness (QED) is 0.668. The van der Waals surface area contributed by atoms with Gasteiger partial charge in [-0.3, -0.25) is 4.79 Å². The summed E-state index contributed by atoms with van der Waals surface area (Å²) in [6.07, 6.45) is 10.9. The summed E-state index contributed by atoms with van der Waals surface area (Å²) in [5.41, 5.74) is -0.156. The molecule has 0 radical (unpaired) electrons. The average Bonchev–Trinajstić information content (AvgIpc) is 2.90. The fourth-order valence-electron chi connectivity index (χ4n) is 7.70. The molecule has 136 valence electrons. The standard InChI is InChI=1S/C21H33BrO2/c1-20(24)9-7-14-13(11-20)3-4-16-15(14)8-10-21(2)17(16)5-6-18(21)19(23)12-22/h13-18,24H,3-12H2,1-2H3/t13-,14?,15-,16-,17+,18-,20-,21+/m1/s1. The van der Waals surface area contributed by atoms with Gasteiger partial charge in [0, 0.05) is 5.92 Å². The molecule has 0 aromatic carbocycles. The van der Waals surface area contributed by atoms with Crippen molar-refractivity contribution in [3.05, 3.63) is 0 Å². The van der Waals surface area contributed by atoms with E-state index >= 15 is 0 Å². The highest BCUT2D eigenvalue weighted by Crippen LogP contribution is 2.64. The van der Waals surface area contributed by atoms with Crippen molar-refractivity contribution in [2.24, 2.45) is 40.9 Å². The lowest BCUT2D eigenvalue weighted by molar-refractivity contribution is -0.129. The van der Waals surface area contributed by atoms with Gasteiger partial charge in [-0.1, -0.05) is 22.9 Å². The van der Waals surface area contributed by atoms with Crippen LogP contribution in [0.2, 0.25) is 0 Å². The molecule has 4 saturated carbocycles. The first-order valence-corrected chi connectivity index (χ1v) is 11.3. The minimum atomic E-state index is -0.419. The van der Waals surface area contributed by atoms with E-state index in [9.17, 15) is 9.90 Å². The van der Waals surface area contributed by atoms with Crippen molar-refractivity contribution in [3.8, 4) is 0 Å². The van der Waals surface area contributed by atoms with Crippen LogP contribution in [0.3, 0.4) is 0 Å². The van der Waals surface area contributed by atoms with E-state index in [2.05, 4.69) is 22.9 Å². The van der Waals surface area contributed by atoms with Crippen LogP contribution >= 0.6 is 15.9 Å². The van der Waals surface area contributed by atoms with Gasteiger partial charge in [0.1, 0.15) is 5.78 Å². The molecule has 0 bridgehead atoms. The van der Waals surface area contributed by atoms with Crippen LogP contribution in [0.15, 0.2) is 0 Å². The van der Waals surface area contributed by atoms with Crippen molar-refractivity contribution in [2.75, 3.05) is 5.33 Å². The summed E-state index contributed by atoms with van der Waals surface area (Å²) in [6, 6.07) is 0. The highest BCUT2D eigenvalue weighted by molar-refractivity contribution is 9.09. The second-order valence-electron chi connectivity index (χ2n) is 9.95. The van der Waals surface area contributed by atoms with E-state index in [0.717, 1.165) is 48.9 Å². The van der Waals surface area contributed by atoms with Crippen molar-refractivity contribution in [3.63, 3.8) is 0 Å². The molecule has 4 fully saturated rings. The third-order valence-electron chi connectivity index (χ3n) is 8.76. The van der Waals surface area contributed by atoms with E-state index in [-0.39, 0.29) is 5.41 Å². The number of hydrogen-bond acceptors (Lipinski definition) is 2. The Labute approximate surface area is 155 Å². The van der Waals surface area contributed by atoms with Gasteiger partial charge in [-0.2, -0.15) is 0 Å². The van der Waals surface area contributed by atoms with Gasteiger partial charge in [-0.15, -0.1) is 0 Å². The summed E-state index contributed by atoms with van der Waals surface area (Å²) in [4.78, 5) is 12.5. The van der Waals surface area contributed by atoms with Crippen LogP contribution in [-0.4, -0.2) is 21.8 Å². The van der Waals surface area contributed by atoms with Gasteiger partial charge >= 0.3 is 0 Å². The topological polar surface area (TPSA) is 37.3 Å². The van der Waals surface area contributed by atoms with Crippen LogP contribution in [-0.2, 0) is 4.79 Å². The number of hydrogen-bond donors (Lipinski definition) is 1. The maximum Gasteiger partial charge on any atom is 0.147 e. The van der Waals surface area contributed by atoms with Crippen LogP contribution < -0.4 is 0 Å². The summed E-state index contributed by atoms with van der Waals surface area (Å²) >= 11 is 3.42. The molecule has 1 N–H and O–H groups in total. The highest BCUT2D eigenvalue weighted by atomic mass is 79.9. The van der Waals surface area contributed by atoms with Crippen molar-refractivity contribution < 1.29 is 9.90 Å². The molecule has 4 aliphatic rings. The lowest BCUT2D eigenvalue weighted by Crippen LogP contribution is -2.51. The Morgan fingerprint density at radius 3 is 2.50 bits per heavy atom. The van der Waals surface area contributed by atoms with Gasteiger partial charge in [-0.25, -0.2) is 0 Å². The smallest absolute Gasteiger partial charge is 0.147 e. The predicted octanol–water partition coefficient (Wildman–Crippen LogP) is 4.97. The molecule has 4 rings (SSSR count). The molecule has 1 unspecified atom stereocenters. The number of halogens is 1. The molecule has 0 aromatic rings. The normalized spacial score (nSPS) is 53.8. The molecule has 0 saturated heterocycles. The third-order valence-corrected chi connectivity index (χ3v) is 9.31. The number of carbonyl (C=O) groups is 1. The van der Waals surface area contributed by atoms with E-state index < -0.39 is 5.60 Å². The minimum Gasteiger partial charge on any atom is -0.390 e. The van der Waals surface area contributed by atoms with Gasteiger partial charge < -0.3 is 5.11 Å². The molecule has 0 heterocycles. The molecule has 8 atom stereocenters. The van der Waals surface area contributed by atoms with Crippen molar-refractivity contribution in [2.45, 2.75) is 77.2 Å². The van der Waals surface area contributed by atoms with Gasteiger partial charge in [-0.05, 0) is 99.7 Å². The molecule has 0 aliphatic heterocycles. The molecule has 3 heteroatoms. The maximum absolute atomic E-state index is 12.5. The third kappa shape index (κ3) is 2.64. The minimum absolute atomic E-state index is 0.263. The van der Waals surface area contributed by atoms with E-state index in [1.165, 1.54) is 38.5 Å². The zero-order chi connectivity index (χ0) is 17.1. The Hall–Kier alpha value is 0.110. The Balaban J connectivity index is 1.54. The van der Waals surface area contributed by atoms with Gasteiger partial charge in [0.25, 0.3) is 0 Å². The number of ketones is 1. The highest BCUT2D eigenvalue weighted by Gasteiger charge is 2.58. The molecule has 4 aliphatic carbocycles. The van der Waals surface area contributed by atoms with Gasteiger partial charge in [0.05, 0.1) is 10.9 Å². The summed E-state index contributed by atoms with van der Waals surface area (Å²) in [5, 5.41) is 11.0. The van der Waals surface area contributed by atoms with Crippen molar-refractivity contribution >= 4 is 21.7 Å². The molecule has 0 amide bonds. The van der Waals surface area contributed by atoms with Gasteiger partial charge in [0.15, 0.2) is 0 Å². The number of Topliss-reactive ketones (excluding diaryl/α,β-unsaturated/α-hetero) is 1. The van der Waals surface area contributed by atoms with Crippen LogP contribution in [0, 0.1) is 40.9 Å². The maximum atomic E-state index is 12.5. The van der Waals surface area contributed by atoms with Gasteiger partial charge in [0.2, 0.25) is 0 Å². The van der Waals surface area contributed by atoms with Crippen molar-refractivity contribution in [1.82, 2.24) is 0 Å². The number of carbonyl (C=O) groups excluding carboxylic acids is 1. The molecule has 0 aromatic heterocycles. The fraction of sp³-hybridized carbons (Fsp3) is 0.952. The fourth-order valence-corrected chi connectivity index (χ4v) is 8.09. The first kappa shape index (κ1) is 17.5. The second kappa shape index (κ2) is 6.08. The SMILES string of the molecule is C[C@@]1(O)CCC2[C@H](CC[C@@H]3[C@@H]2CC[C@]2(C)[C@@H](C(=O)CBr)CC[C@@H]32)C1. The number of fused-ring (bicyclic) bond motifs is 5. The van der Waals surface area contributed by atoms with E-state index in [0.29, 0.717) is 17.0 Å². The lowest BCUT2D eigenvalue weighted by Gasteiger charge is -2.56. The Morgan fingerprint density at radius 2 is 1.75 bits per heavy atom. The molecule has 0 spiro atoms. The Kier molecular flexibility index (Phi) is 4.44.